The number of fused-ring (bicyclic) bond motifs is 1. The van der Waals surface area contributed by atoms with Crippen LogP contribution in [0, 0.1) is 11.3 Å². The van der Waals surface area contributed by atoms with Crippen molar-refractivity contribution in [3.63, 3.8) is 0 Å². The first-order chi connectivity index (χ1) is 16.3. The highest BCUT2D eigenvalue weighted by Gasteiger charge is 2.39. The van der Waals surface area contributed by atoms with E-state index in [1.165, 1.54) is 56.9 Å². The summed E-state index contributed by atoms with van der Waals surface area (Å²) in [6.45, 7) is 5.27. The van der Waals surface area contributed by atoms with Crippen LogP contribution in [0.2, 0.25) is 0 Å². The summed E-state index contributed by atoms with van der Waals surface area (Å²) in [5.74, 6) is -0.0619. The molecule has 1 saturated heterocycles. The number of rotatable bonds is 5. The van der Waals surface area contributed by atoms with Gasteiger partial charge in [0.2, 0.25) is 11.8 Å². The Morgan fingerprint density at radius 3 is 2.68 bits per heavy atom. The lowest BCUT2D eigenvalue weighted by molar-refractivity contribution is -0.136. The van der Waals surface area contributed by atoms with Gasteiger partial charge < -0.3 is 10.2 Å². The Hall–Kier alpha value is -2.21. The fourth-order valence-electron chi connectivity index (χ4n) is 6.87. The zero-order valence-electron chi connectivity index (χ0n) is 20.7. The predicted octanol–water partition coefficient (Wildman–Crippen LogP) is 4.11. The van der Waals surface area contributed by atoms with Gasteiger partial charge in [0.15, 0.2) is 0 Å². The van der Waals surface area contributed by atoms with E-state index in [4.69, 9.17) is 0 Å². The molecule has 0 aromatic heterocycles. The van der Waals surface area contributed by atoms with Gasteiger partial charge in [-0.05, 0) is 73.5 Å². The Bertz CT molecular complexity index is 972. The van der Waals surface area contributed by atoms with Crippen molar-refractivity contribution in [2.75, 3.05) is 0 Å². The summed E-state index contributed by atoms with van der Waals surface area (Å²) in [5.41, 5.74) is 3.46. The van der Waals surface area contributed by atoms with E-state index in [-0.39, 0.29) is 24.1 Å². The quantitative estimate of drug-likeness (QED) is 0.642. The molecule has 4 aliphatic rings. The van der Waals surface area contributed by atoms with Gasteiger partial charge in [-0.15, -0.1) is 0 Å². The molecule has 2 aliphatic carbocycles. The second kappa shape index (κ2) is 9.44. The molecule has 0 spiro atoms. The van der Waals surface area contributed by atoms with Crippen molar-refractivity contribution in [3.05, 3.63) is 34.9 Å². The lowest BCUT2D eigenvalue weighted by Gasteiger charge is -2.41. The monoisotopic (exact) mass is 465 g/mol. The van der Waals surface area contributed by atoms with Gasteiger partial charge in [0.1, 0.15) is 6.04 Å². The Balaban J connectivity index is 1.25. The summed E-state index contributed by atoms with van der Waals surface area (Å²) < 4.78 is 0. The van der Waals surface area contributed by atoms with Crippen molar-refractivity contribution in [1.29, 1.82) is 0 Å². The number of carbonyl (C=O) groups is 3. The van der Waals surface area contributed by atoms with Crippen LogP contribution in [0.4, 0.5) is 0 Å². The van der Waals surface area contributed by atoms with Crippen LogP contribution in [-0.2, 0) is 22.6 Å². The molecule has 0 bridgehead atoms. The first kappa shape index (κ1) is 23.5. The number of carbonyl (C=O) groups excluding carboxylic acids is 3. The number of imide groups is 1. The zero-order chi connectivity index (χ0) is 23.9. The van der Waals surface area contributed by atoms with Gasteiger partial charge in [0.05, 0.1) is 0 Å². The fourth-order valence-corrected chi connectivity index (χ4v) is 6.87. The second-order valence-electron chi connectivity index (χ2n) is 11.9. The summed E-state index contributed by atoms with van der Waals surface area (Å²) in [5, 5.41) is 6.45. The van der Waals surface area contributed by atoms with E-state index in [2.05, 4.69) is 36.6 Å². The summed E-state index contributed by atoms with van der Waals surface area (Å²) in [6, 6.07) is 6.91. The third-order valence-corrected chi connectivity index (χ3v) is 8.65. The van der Waals surface area contributed by atoms with Crippen molar-refractivity contribution in [1.82, 2.24) is 15.5 Å². The highest BCUT2D eigenvalue weighted by molar-refractivity contribution is 6.05. The predicted molar refractivity (Wildman–Crippen MR) is 131 cm³/mol. The molecule has 2 saturated carbocycles. The number of hydrogen-bond donors (Lipinski definition) is 2. The molecule has 1 unspecified atom stereocenters. The van der Waals surface area contributed by atoms with Gasteiger partial charge in [0.25, 0.3) is 5.91 Å². The zero-order valence-corrected chi connectivity index (χ0v) is 20.7. The Labute approximate surface area is 203 Å². The minimum atomic E-state index is -0.548. The number of nitrogens with zero attached hydrogens (tertiary/aromatic N) is 1. The van der Waals surface area contributed by atoms with E-state index in [1.807, 2.05) is 6.07 Å². The average Bonchev–Trinajstić information content (AvgIpc) is 3.10. The molecule has 4 atom stereocenters. The minimum Gasteiger partial charge on any atom is -0.322 e. The Morgan fingerprint density at radius 1 is 1.06 bits per heavy atom. The van der Waals surface area contributed by atoms with E-state index in [0.717, 1.165) is 12.0 Å². The van der Waals surface area contributed by atoms with E-state index in [1.54, 1.807) is 4.90 Å². The molecular weight excluding hydrogens is 426 g/mol. The van der Waals surface area contributed by atoms with Gasteiger partial charge >= 0.3 is 0 Å². The van der Waals surface area contributed by atoms with Crippen LogP contribution >= 0.6 is 0 Å². The molecule has 2 heterocycles. The van der Waals surface area contributed by atoms with Crippen LogP contribution < -0.4 is 10.6 Å². The van der Waals surface area contributed by atoms with E-state index in [0.29, 0.717) is 41.9 Å². The molecule has 2 aliphatic heterocycles. The van der Waals surface area contributed by atoms with E-state index < -0.39 is 6.04 Å². The van der Waals surface area contributed by atoms with E-state index in [9.17, 15) is 14.4 Å². The maximum absolute atomic E-state index is 13.0. The van der Waals surface area contributed by atoms with Crippen molar-refractivity contribution in [2.45, 2.75) is 109 Å². The molecular formula is C28H39N3O3. The van der Waals surface area contributed by atoms with Gasteiger partial charge in [0, 0.05) is 30.6 Å². The standard InChI is InChI=1S/C28H39N3O3/c1-28(2)13-5-7-21(16-28)29-23-8-4-3-6-19(23)14-18-9-10-22-20(15-18)17-31(27(22)34)24-11-12-25(32)30-26(24)33/h9-10,15,19,21,23-24,29H,3-8,11-14,16-17H2,1-2H3,(H,30,32,33)/t19-,21-,23+,24?/m1/s1. The fraction of sp³-hybridized carbons (Fsp3) is 0.679. The molecule has 5 rings (SSSR count). The SMILES string of the molecule is CC1(C)CCC[C@@H](N[C@H]2CCCC[C@@H]2Cc2ccc3c(c2)CN(C2CCC(=O)NC2=O)C3=O)C1. The lowest BCUT2D eigenvalue weighted by Crippen LogP contribution is -2.52. The third-order valence-electron chi connectivity index (χ3n) is 8.65. The molecule has 0 radical (unpaired) electrons. The first-order valence-electron chi connectivity index (χ1n) is 13.3. The van der Waals surface area contributed by atoms with Crippen LogP contribution in [-0.4, -0.2) is 40.7 Å². The molecule has 3 fully saturated rings. The van der Waals surface area contributed by atoms with Crippen LogP contribution in [0.25, 0.3) is 0 Å². The molecule has 184 valence electrons. The van der Waals surface area contributed by atoms with Crippen LogP contribution in [0.15, 0.2) is 18.2 Å². The second-order valence-corrected chi connectivity index (χ2v) is 11.9. The van der Waals surface area contributed by atoms with Crippen LogP contribution in [0.1, 0.15) is 99.5 Å². The number of piperidine rings is 1. The third kappa shape index (κ3) is 4.93. The molecule has 34 heavy (non-hydrogen) atoms. The number of amides is 3. The minimum absolute atomic E-state index is 0.0897. The summed E-state index contributed by atoms with van der Waals surface area (Å²) in [7, 11) is 0. The molecule has 6 nitrogen and oxygen atoms in total. The molecule has 3 amide bonds. The maximum atomic E-state index is 13.0. The normalized spacial score (nSPS) is 31.4. The summed E-state index contributed by atoms with van der Waals surface area (Å²) in [6.07, 6.45) is 12.1. The topological polar surface area (TPSA) is 78.5 Å². The highest BCUT2D eigenvalue weighted by atomic mass is 16.2. The summed E-state index contributed by atoms with van der Waals surface area (Å²) in [4.78, 5) is 38.5. The van der Waals surface area contributed by atoms with E-state index >= 15 is 0 Å². The largest absolute Gasteiger partial charge is 0.322 e. The Kier molecular flexibility index (Phi) is 6.54. The van der Waals surface area contributed by atoms with Gasteiger partial charge in [-0.2, -0.15) is 0 Å². The molecule has 1 aromatic carbocycles. The van der Waals surface area contributed by atoms with Crippen LogP contribution in [0.5, 0.6) is 0 Å². The van der Waals surface area contributed by atoms with Crippen LogP contribution in [0.3, 0.4) is 0 Å². The van der Waals surface area contributed by atoms with Gasteiger partial charge in [-0.25, -0.2) is 0 Å². The smallest absolute Gasteiger partial charge is 0.255 e. The maximum Gasteiger partial charge on any atom is 0.255 e. The molecule has 6 heteroatoms. The number of hydrogen-bond acceptors (Lipinski definition) is 4. The van der Waals surface area contributed by atoms with Crippen molar-refractivity contribution in [2.24, 2.45) is 11.3 Å². The van der Waals surface area contributed by atoms with Gasteiger partial charge in [-0.1, -0.05) is 45.2 Å². The molecule has 1 aromatic rings. The average molecular weight is 466 g/mol. The first-order valence-corrected chi connectivity index (χ1v) is 13.3. The molecule has 2 N–H and O–H groups in total. The Morgan fingerprint density at radius 2 is 1.88 bits per heavy atom. The summed E-state index contributed by atoms with van der Waals surface area (Å²) >= 11 is 0. The lowest BCUT2D eigenvalue weighted by atomic mass is 9.74. The van der Waals surface area contributed by atoms with Crippen molar-refractivity contribution < 1.29 is 14.4 Å². The number of nitrogens with one attached hydrogen (secondary N) is 2. The highest BCUT2D eigenvalue weighted by Crippen LogP contribution is 2.37. The van der Waals surface area contributed by atoms with Crippen molar-refractivity contribution in [3.8, 4) is 0 Å². The van der Waals surface area contributed by atoms with Crippen molar-refractivity contribution >= 4 is 17.7 Å². The number of benzene rings is 1. The van der Waals surface area contributed by atoms with Gasteiger partial charge in [-0.3, -0.25) is 19.7 Å².